The monoisotopic (exact) mass is 457 g/mol. The van der Waals surface area contributed by atoms with Gasteiger partial charge < -0.3 is 5.32 Å². The Hall–Kier alpha value is -2.32. The fourth-order valence-corrected chi connectivity index (χ4v) is 2.90. The smallest absolute Gasteiger partial charge is 0.304 e. The molecule has 1 N–H and O–H groups in total. The zero-order valence-electron chi connectivity index (χ0n) is 13.6. The van der Waals surface area contributed by atoms with Gasteiger partial charge in [0, 0.05) is 16.8 Å². The summed E-state index contributed by atoms with van der Waals surface area (Å²) in [6.07, 6.45) is -2.85. The average molecular weight is 459 g/mol. The van der Waals surface area contributed by atoms with E-state index in [1.807, 2.05) is 12.1 Å². The maximum Gasteiger partial charge on any atom is 0.416 e. The topological polar surface area (TPSA) is 46.9 Å². The van der Waals surface area contributed by atoms with Crippen LogP contribution in [0.15, 0.2) is 59.2 Å². The summed E-state index contributed by atoms with van der Waals surface area (Å²) in [7, 11) is 0. The Labute approximate surface area is 166 Å². The molecule has 2 aromatic carbocycles. The number of benzene rings is 2. The van der Waals surface area contributed by atoms with Crippen molar-refractivity contribution in [3.8, 4) is 0 Å². The molecule has 1 aromatic heterocycles. The molecule has 3 aromatic rings. The number of alkyl halides is 3. The Bertz CT molecular complexity index is 971. The van der Waals surface area contributed by atoms with Gasteiger partial charge in [0.2, 0.25) is 0 Å². The lowest BCUT2D eigenvalue weighted by atomic mass is 10.1. The molecule has 27 heavy (non-hydrogen) atoms. The average Bonchev–Trinajstić information content (AvgIpc) is 2.95. The van der Waals surface area contributed by atoms with E-state index in [1.54, 1.807) is 23.0 Å². The maximum absolute atomic E-state index is 12.8. The van der Waals surface area contributed by atoms with E-state index >= 15 is 0 Å². The molecule has 0 aliphatic heterocycles. The number of anilines is 1. The SMILES string of the molecule is O=C(Nc1nn(Cc2ccc(Cl)cc2)cc1Br)c1cccc(C(F)(F)F)c1. The van der Waals surface area contributed by atoms with Crippen molar-refractivity contribution in [1.29, 1.82) is 0 Å². The second-order valence-corrected chi connectivity index (χ2v) is 6.97. The molecule has 0 saturated heterocycles. The van der Waals surface area contributed by atoms with Gasteiger partial charge in [-0.05, 0) is 51.8 Å². The second-order valence-electron chi connectivity index (χ2n) is 5.68. The number of aromatic nitrogens is 2. The van der Waals surface area contributed by atoms with Gasteiger partial charge in [0.05, 0.1) is 16.6 Å². The van der Waals surface area contributed by atoms with Gasteiger partial charge in [-0.15, -0.1) is 0 Å². The van der Waals surface area contributed by atoms with Gasteiger partial charge in [0.1, 0.15) is 0 Å². The van der Waals surface area contributed by atoms with Crippen LogP contribution < -0.4 is 5.32 Å². The van der Waals surface area contributed by atoms with Gasteiger partial charge in [-0.3, -0.25) is 9.48 Å². The summed E-state index contributed by atoms with van der Waals surface area (Å²) in [5, 5.41) is 7.38. The minimum atomic E-state index is -4.52. The van der Waals surface area contributed by atoms with E-state index in [-0.39, 0.29) is 11.4 Å². The van der Waals surface area contributed by atoms with E-state index in [4.69, 9.17) is 11.6 Å². The highest BCUT2D eigenvalue weighted by molar-refractivity contribution is 9.10. The Kier molecular flexibility index (Phi) is 5.57. The molecule has 9 heteroatoms. The molecule has 0 fully saturated rings. The maximum atomic E-state index is 12.8. The van der Waals surface area contributed by atoms with Gasteiger partial charge >= 0.3 is 6.18 Å². The Morgan fingerprint density at radius 1 is 1.19 bits per heavy atom. The molecule has 140 valence electrons. The zero-order valence-corrected chi connectivity index (χ0v) is 15.9. The third kappa shape index (κ3) is 4.90. The summed E-state index contributed by atoms with van der Waals surface area (Å²) in [6, 6.07) is 11.4. The molecular weight excluding hydrogens is 447 g/mol. The molecule has 0 radical (unpaired) electrons. The van der Waals surface area contributed by atoms with Crippen molar-refractivity contribution in [1.82, 2.24) is 9.78 Å². The second kappa shape index (κ2) is 7.74. The molecule has 0 spiro atoms. The zero-order chi connectivity index (χ0) is 19.6. The number of nitrogens with one attached hydrogen (secondary N) is 1. The van der Waals surface area contributed by atoms with Crippen LogP contribution in [0.2, 0.25) is 5.02 Å². The van der Waals surface area contributed by atoms with Crippen LogP contribution in [0.25, 0.3) is 0 Å². The third-order valence-electron chi connectivity index (χ3n) is 3.66. The molecule has 3 rings (SSSR count). The first-order chi connectivity index (χ1) is 12.7. The summed E-state index contributed by atoms with van der Waals surface area (Å²) in [5.41, 5.74) is -0.0448. The molecule has 1 heterocycles. The summed E-state index contributed by atoms with van der Waals surface area (Å²) < 4.78 is 40.5. The van der Waals surface area contributed by atoms with E-state index in [0.29, 0.717) is 16.0 Å². The number of amides is 1. The number of halogens is 5. The molecule has 0 bridgehead atoms. The van der Waals surface area contributed by atoms with Crippen molar-refractivity contribution in [2.45, 2.75) is 12.7 Å². The van der Waals surface area contributed by atoms with Crippen LogP contribution in [0.5, 0.6) is 0 Å². The van der Waals surface area contributed by atoms with Gasteiger partial charge in [0.25, 0.3) is 5.91 Å². The van der Waals surface area contributed by atoms with Crippen LogP contribution in [0.4, 0.5) is 19.0 Å². The highest BCUT2D eigenvalue weighted by Crippen LogP contribution is 2.30. The van der Waals surface area contributed by atoms with E-state index in [2.05, 4.69) is 26.3 Å². The molecule has 0 unspecified atom stereocenters. The van der Waals surface area contributed by atoms with Crippen molar-refractivity contribution >= 4 is 39.3 Å². The van der Waals surface area contributed by atoms with E-state index in [9.17, 15) is 18.0 Å². The quantitative estimate of drug-likeness (QED) is 0.552. The van der Waals surface area contributed by atoms with E-state index in [1.165, 1.54) is 12.1 Å². The first-order valence-electron chi connectivity index (χ1n) is 7.68. The number of rotatable bonds is 4. The fourth-order valence-electron chi connectivity index (χ4n) is 2.36. The first kappa shape index (κ1) is 19.4. The Morgan fingerprint density at radius 2 is 1.89 bits per heavy atom. The van der Waals surface area contributed by atoms with Gasteiger partial charge in [-0.2, -0.15) is 18.3 Å². The van der Waals surface area contributed by atoms with Crippen LogP contribution in [0.1, 0.15) is 21.5 Å². The molecular formula is C18H12BrClF3N3O. The third-order valence-corrected chi connectivity index (χ3v) is 4.49. The number of carbonyl (C=O) groups is 1. The van der Waals surface area contributed by atoms with Gasteiger partial charge in [-0.1, -0.05) is 29.8 Å². The van der Waals surface area contributed by atoms with E-state index < -0.39 is 17.6 Å². The highest BCUT2D eigenvalue weighted by Gasteiger charge is 2.31. The minimum Gasteiger partial charge on any atom is -0.304 e. The Morgan fingerprint density at radius 3 is 2.56 bits per heavy atom. The Balaban J connectivity index is 1.75. The van der Waals surface area contributed by atoms with Crippen molar-refractivity contribution in [2.24, 2.45) is 0 Å². The van der Waals surface area contributed by atoms with Crippen molar-refractivity contribution in [2.75, 3.05) is 5.32 Å². The van der Waals surface area contributed by atoms with Gasteiger partial charge in [0.15, 0.2) is 5.82 Å². The summed E-state index contributed by atoms with van der Waals surface area (Å²) in [5.74, 6) is -0.468. The molecule has 0 aliphatic carbocycles. The number of hydrogen-bond donors (Lipinski definition) is 1. The van der Waals surface area contributed by atoms with Crippen LogP contribution in [0, 0.1) is 0 Å². The fraction of sp³-hybridized carbons (Fsp3) is 0.111. The molecule has 0 aliphatic rings. The van der Waals surface area contributed by atoms with Crippen LogP contribution in [-0.2, 0) is 12.7 Å². The standard InChI is InChI=1S/C18H12BrClF3N3O/c19-15-10-26(9-11-4-6-14(20)7-5-11)25-16(15)24-17(27)12-2-1-3-13(8-12)18(21,22)23/h1-8,10H,9H2,(H,24,25,27). The van der Waals surface area contributed by atoms with Crippen molar-refractivity contribution < 1.29 is 18.0 Å². The first-order valence-corrected chi connectivity index (χ1v) is 8.85. The summed E-state index contributed by atoms with van der Waals surface area (Å²) >= 11 is 9.14. The van der Waals surface area contributed by atoms with Crippen molar-refractivity contribution in [3.05, 3.63) is 80.9 Å². The number of hydrogen-bond acceptors (Lipinski definition) is 2. The lowest BCUT2D eigenvalue weighted by molar-refractivity contribution is -0.137. The molecule has 0 atom stereocenters. The summed E-state index contributed by atoms with van der Waals surface area (Å²) in [6.45, 7) is 0.440. The lowest BCUT2D eigenvalue weighted by Gasteiger charge is -2.08. The predicted octanol–water partition coefficient (Wildman–Crippen LogP) is 5.62. The molecule has 4 nitrogen and oxygen atoms in total. The lowest BCUT2D eigenvalue weighted by Crippen LogP contribution is -2.15. The minimum absolute atomic E-state index is 0.107. The molecule has 0 saturated carbocycles. The number of carbonyl (C=O) groups excluding carboxylic acids is 1. The van der Waals surface area contributed by atoms with Gasteiger partial charge in [-0.25, -0.2) is 0 Å². The largest absolute Gasteiger partial charge is 0.416 e. The summed E-state index contributed by atoms with van der Waals surface area (Å²) in [4.78, 5) is 12.3. The number of nitrogens with zero attached hydrogens (tertiary/aromatic N) is 2. The normalized spacial score (nSPS) is 11.4. The highest BCUT2D eigenvalue weighted by atomic mass is 79.9. The predicted molar refractivity (Wildman–Crippen MR) is 99.9 cm³/mol. The molecule has 1 amide bonds. The van der Waals surface area contributed by atoms with Crippen LogP contribution in [0.3, 0.4) is 0 Å². The van der Waals surface area contributed by atoms with E-state index in [0.717, 1.165) is 17.7 Å². The van der Waals surface area contributed by atoms with Crippen molar-refractivity contribution in [3.63, 3.8) is 0 Å². The van der Waals surface area contributed by atoms with Crippen LogP contribution in [-0.4, -0.2) is 15.7 Å². The van der Waals surface area contributed by atoms with Crippen LogP contribution >= 0.6 is 27.5 Å².